The Morgan fingerprint density at radius 1 is 1.10 bits per heavy atom. The molecule has 0 amide bonds. The van der Waals surface area contributed by atoms with Crippen LogP contribution in [0.3, 0.4) is 0 Å². The van der Waals surface area contributed by atoms with Crippen LogP contribution in [0.5, 0.6) is 0 Å². The molecular weight excluding hydrogens is 477 g/mol. The van der Waals surface area contributed by atoms with Crippen molar-refractivity contribution in [1.29, 1.82) is 0 Å². The first-order valence-corrected chi connectivity index (χ1v) is 11.2. The summed E-state index contributed by atoms with van der Waals surface area (Å²) in [7, 11) is 1.94. The van der Waals surface area contributed by atoms with Gasteiger partial charge in [0.25, 0.3) is 0 Å². The van der Waals surface area contributed by atoms with Crippen molar-refractivity contribution in [1.82, 2.24) is 20.1 Å². The summed E-state index contributed by atoms with van der Waals surface area (Å²) in [5, 5.41) is 3.69. The van der Waals surface area contributed by atoms with Crippen LogP contribution >= 0.6 is 24.0 Å². The molecule has 29 heavy (non-hydrogen) atoms. The molecule has 7 heteroatoms. The number of halogens is 1. The zero-order valence-corrected chi connectivity index (χ0v) is 20.7. The molecule has 1 saturated carbocycles. The molecule has 0 radical (unpaired) electrons. The fraction of sp³-hybridized carbons (Fsp3) is 0.818. The van der Waals surface area contributed by atoms with Gasteiger partial charge in [-0.3, -0.25) is 9.89 Å². The van der Waals surface area contributed by atoms with Gasteiger partial charge in [-0.15, -0.1) is 24.0 Å². The molecule has 2 saturated heterocycles. The number of rotatable bonds is 4. The second-order valence-electron chi connectivity index (χ2n) is 9.11. The van der Waals surface area contributed by atoms with E-state index in [0.29, 0.717) is 0 Å². The van der Waals surface area contributed by atoms with E-state index in [1.54, 1.807) is 0 Å². The molecule has 6 nitrogen and oxygen atoms in total. The van der Waals surface area contributed by atoms with Gasteiger partial charge in [-0.25, -0.2) is 4.98 Å². The van der Waals surface area contributed by atoms with Gasteiger partial charge < -0.3 is 14.6 Å². The first kappa shape index (κ1) is 22.8. The Morgan fingerprint density at radius 2 is 1.76 bits per heavy atom. The van der Waals surface area contributed by atoms with Gasteiger partial charge in [0, 0.05) is 26.7 Å². The number of aromatic nitrogens is 1. The molecule has 1 aliphatic carbocycles. The molecule has 3 aliphatic rings. The first-order chi connectivity index (χ1) is 13.6. The van der Waals surface area contributed by atoms with Gasteiger partial charge in [-0.2, -0.15) is 0 Å². The van der Waals surface area contributed by atoms with Crippen LogP contribution in [0.4, 0.5) is 0 Å². The van der Waals surface area contributed by atoms with Crippen LogP contribution < -0.4 is 5.32 Å². The van der Waals surface area contributed by atoms with Crippen LogP contribution in [-0.2, 0) is 6.54 Å². The van der Waals surface area contributed by atoms with Gasteiger partial charge in [-0.1, -0.05) is 12.8 Å². The van der Waals surface area contributed by atoms with Crippen molar-refractivity contribution >= 4 is 29.9 Å². The number of oxazole rings is 1. The van der Waals surface area contributed by atoms with E-state index in [-0.39, 0.29) is 24.0 Å². The molecule has 2 aliphatic heterocycles. The van der Waals surface area contributed by atoms with Crippen LogP contribution in [0.15, 0.2) is 9.41 Å². The zero-order valence-electron chi connectivity index (χ0n) is 18.3. The molecule has 3 heterocycles. The monoisotopic (exact) mass is 515 g/mol. The van der Waals surface area contributed by atoms with Gasteiger partial charge in [0.1, 0.15) is 5.76 Å². The Hall–Kier alpha value is -0.830. The third-order valence-electron chi connectivity index (χ3n) is 7.18. The molecule has 0 aromatic carbocycles. The van der Waals surface area contributed by atoms with E-state index in [4.69, 9.17) is 4.42 Å². The lowest BCUT2D eigenvalue weighted by Gasteiger charge is -2.32. The van der Waals surface area contributed by atoms with Crippen molar-refractivity contribution in [3.05, 3.63) is 17.3 Å². The minimum atomic E-state index is 0. The van der Waals surface area contributed by atoms with E-state index in [9.17, 15) is 0 Å². The van der Waals surface area contributed by atoms with E-state index >= 15 is 0 Å². The van der Waals surface area contributed by atoms with Crippen molar-refractivity contribution in [3.8, 4) is 0 Å². The molecule has 1 aromatic heterocycles. The molecule has 2 unspecified atom stereocenters. The van der Waals surface area contributed by atoms with E-state index in [0.717, 1.165) is 67.2 Å². The summed E-state index contributed by atoms with van der Waals surface area (Å²) < 4.78 is 5.75. The smallest absolute Gasteiger partial charge is 0.208 e. The Balaban J connectivity index is 0.00000240. The normalized spacial score (nSPS) is 26.3. The van der Waals surface area contributed by atoms with E-state index in [1.165, 1.54) is 51.6 Å². The number of aryl methyl sites for hydroxylation is 2. The maximum atomic E-state index is 5.75. The molecule has 4 rings (SSSR count). The minimum Gasteiger partial charge on any atom is -0.444 e. The lowest BCUT2D eigenvalue weighted by Crippen LogP contribution is -2.44. The van der Waals surface area contributed by atoms with Gasteiger partial charge in [0.2, 0.25) is 5.89 Å². The molecule has 0 spiro atoms. The highest BCUT2D eigenvalue weighted by Crippen LogP contribution is 2.36. The molecule has 3 fully saturated rings. The summed E-state index contributed by atoms with van der Waals surface area (Å²) in [6.45, 7) is 10.6. The average molecular weight is 515 g/mol. The summed E-state index contributed by atoms with van der Waals surface area (Å²) in [5.41, 5.74) is 1.02. The van der Waals surface area contributed by atoms with Crippen LogP contribution in [0, 0.1) is 31.6 Å². The Bertz CT molecular complexity index is 649. The van der Waals surface area contributed by atoms with Crippen LogP contribution in [0.1, 0.15) is 55.9 Å². The van der Waals surface area contributed by atoms with Crippen LogP contribution in [-0.4, -0.2) is 60.5 Å². The number of aliphatic imine (C=N–C) groups is 1. The van der Waals surface area contributed by atoms with Gasteiger partial charge in [0.15, 0.2) is 5.96 Å². The van der Waals surface area contributed by atoms with Crippen molar-refractivity contribution in [2.75, 3.05) is 39.8 Å². The number of likely N-dealkylation sites (tertiary alicyclic amines) is 2. The van der Waals surface area contributed by atoms with E-state index in [2.05, 4.69) is 25.1 Å². The first-order valence-electron chi connectivity index (χ1n) is 11.2. The van der Waals surface area contributed by atoms with Gasteiger partial charge in [-0.05, 0) is 70.4 Å². The highest BCUT2D eigenvalue weighted by Gasteiger charge is 2.35. The SMILES string of the molecule is CN=C(NCC1CCN(Cc2nc(C)c(C)o2)CC1)N1CC2CCCCC2C1.I. The number of nitrogens with zero attached hydrogens (tertiary/aromatic N) is 4. The van der Waals surface area contributed by atoms with Crippen molar-refractivity contribution in [2.45, 2.75) is 58.9 Å². The van der Waals surface area contributed by atoms with Crippen LogP contribution in [0.25, 0.3) is 0 Å². The predicted molar refractivity (Wildman–Crippen MR) is 128 cm³/mol. The second kappa shape index (κ2) is 10.5. The minimum absolute atomic E-state index is 0. The van der Waals surface area contributed by atoms with Crippen molar-refractivity contribution < 1.29 is 4.42 Å². The molecule has 1 N–H and O–H groups in total. The topological polar surface area (TPSA) is 56.9 Å². The number of guanidine groups is 1. The maximum Gasteiger partial charge on any atom is 0.208 e. The highest BCUT2D eigenvalue weighted by atomic mass is 127. The molecule has 164 valence electrons. The molecule has 0 bridgehead atoms. The number of nitrogens with one attached hydrogen (secondary N) is 1. The zero-order chi connectivity index (χ0) is 19.5. The second-order valence-corrected chi connectivity index (χ2v) is 9.11. The lowest BCUT2D eigenvalue weighted by atomic mass is 9.82. The Labute approximate surface area is 192 Å². The summed E-state index contributed by atoms with van der Waals surface area (Å²) in [5.74, 6) is 5.47. The van der Waals surface area contributed by atoms with Gasteiger partial charge >= 0.3 is 0 Å². The average Bonchev–Trinajstić information content (AvgIpc) is 3.26. The summed E-state index contributed by atoms with van der Waals surface area (Å²) in [6, 6.07) is 0. The molecular formula is C22H38IN5O. The van der Waals surface area contributed by atoms with Gasteiger partial charge in [0.05, 0.1) is 12.2 Å². The third kappa shape index (κ3) is 5.66. The summed E-state index contributed by atoms with van der Waals surface area (Å²) >= 11 is 0. The third-order valence-corrected chi connectivity index (χ3v) is 7.18. The lowest BCUT2D eigenvalue weighted by molar-refractivity contribution is 0.163. The maximum absolute atomic E-state index is 5.75. The largest absolute Gasteiger partial charge is 0.444 e. The fourth-order valence-corrected chi connectivity index (χ4v) is 5.29. The number of hydrogen-bond donors (Lipinski definition) is 1. The molecule has 2 atom stereocenters. The Kier molecular flexibility index (Phi) is 8.24. The Morgan fingerprint density at radius 3 is 2.31 bits per heavy atom. The molecule has 1 aromatic rings. The van der Waals surface area contributed by atoms with Crippen LogP contribution in [0.2, 0.25) is 0 Å². The predicted octanol–water partition coefficient (Wildman–Crippen LogP) is 3.82. The number of hydrogen-bond acceptors (Lipinski definition) is 4. The summed E-state index contributed by atoms with van der Waals surface area (Å²) in [6.07, 6.45) is 8.14. The van der Waals surface area contributed by atoms with E-state index in [1.807, 2.05) is 20.9 Å². The van der Waals surface area contributed by atoms with Crippen molar-refractivity contribution in [2.24, 2.45) is 22.7 Å². The highest BCUT2D eigenvalue weighted by molar-refractivity contribution is 14.0. The fourth-order valence-electron chi connectivity index (χ4n) is 5.29. The van der Waals surface area contributed by atoms with E-state index < -0.39 is 0 Å². The number of piperidine rings is 1. The quantitative estimate of drug-likeness (QED) is 0.376. The summed E-state index contributed by atoms with van der Waals surface area (Å²) in [4.78, 5) is 14.1. The van der Waals surface area contributed by atoms with Crippen molar-refractivity contribution in [3.63, 3.8) is 0 Å². The standard InChI is InChI=1S/C22H37N5O.HI/c1-16-17(2)28-21(25-16)15-26-10-8-18(9-11-26)12-24-22(23-3)27-13-19-6-4-5-7-20(19)14-27;/h18-20H,4-15H2,1-3H3,(H,23,24);1H. The number of fused-ring (bicyclic) bond motifs is 1.